The van der Waals surface area contributed by atoms with Gasteiger partial charge in [0.25, 0.3) is 0 Å². The maximum Gasteiger partial charge on any atom is 0.410 e. The second-order valence-corrected chi connectivity index (χ2v) is 4.99. The third-order valence-electron chi connectivity index (χ3n) is 2.38. The van der Waals surface area contributed by atoms with E-state index in [1.54, 1.807) is 13.2 Å². The molecule has 1 aromatic rings. The van der Waals surface area contributed by atoms with Crippen LogP contribution < -0.4 is 5.73 Å². The minimum atomic E-state index is -0.497. The Morgan fingerprint density at radius 3 is 2.65 bits per heavy atom. The Balaban J connectivity index is 2.73. The molecule has 1 heterocycles. The first-order valence-corrected chi connectivity index (χ1v) is 5.63. The smallest absolute Gasteiger partial charge is 0.410 e. The Morgan fingerprint density at radius 2 is 2.24 bits per heavy atom. The topological polar surface area (TPSA) is 71.3 Å². The van der Waals surface area contributed by atoms with E-state index in [4.69, 9.17) is 10.5 Å². The van der Waals surface area contributed by atoms with E-state index < -0.39 is 5.60 Å². The van der Waals surface area contributed by atoms with Crippen LogP contribution in [0.4, 0.5) is 4.79 Å². The summed E-state index contributed by atoms with van der Waals surface area (Å²) in [5.74, 6) is 0. The minimum absolute atomic E-state index is 0.170. The standard InChI is InChI=1S/C12H21N3O2/c1-12(2,3)17-11(16)15(4)10(7-13)9-5-6-14-8-9/h5-6,8,10,14H,7,13H2,1-4H3. The Kier molecular flexibility index (Phi) is 4.17. The number of ether oxygens (including phenoxy) is 1. The molecule has 0 spiro atoms. The van der Waals surface area contributed by atoms with Gasteiger partial charge in [0.15, 0.2) is 0 Å². The average molecular weight is 239 g/mol. The summed E-state index contributed by atoms with van der Waals surface area (Å²) in [6, 6.07) is 1.73. The van der Waals surface area contributed by atoms with Crippen molar-refractivity contribution in [1.82, 2.24) is 9.88 Å². The molecule has 0 bridgehead atoms. The van der Waals surface area contributed by atoms with Crippen molar-refractivity contribution >= 4 is 6.09 Å². The summed E-state index contributed by atoms with van der Waals surface area (Å²) in [5, 5.41) is 0. The van der Waals surface area contributed by atoms with E-state index in [1.165, 1.54) is 4.90 Å². The largest absolute Gasteiger partial charge is 0.444 e. The lowest BCUT2D eigenvalue weighted by molar-refractivity contribution is 0.0226. The lowest BCUT2D eigenvalue weighted by atomic mass is 10.1. The molecule has 1 amide bonds. The zero-order valence-corrected chi connectivity index (χ0v) is 10.9. The van der Waals surface area contributed by atoms with Gasteiger partial charge in [0.2, 0.25) is 0 Å². The van der Waals surface area contributed by atoms with Crippen LogP contribution in [0.3, 0.4) is 0 Å². The molecule has 3 N–H and O–H groups in total. The van der Waals surface area contributed by atoms with Crippen molar-refractivity contribution in [2.45, 2.75) is 32.4 Å². The summed E-state index contributed by atoms with van der Waals surface area (Å²) in [6.45, 7) is 5.87. The van der Waals surface area contributed by atoms with Crippen LogP contribution in [-0.4, -0.2) is 35.2 Å². The fraction of sp³-hybridized carbons (Fsp3) is 0.583. The number of nitrogens with one attached hydrogen (secondary N) is 1. The van der Waals surface area contributed by atoms with Crippen molar-refractivity contribution in [2.75, 3.05) is 13.6 Å². The molecule has 5 nitrogen and oxygen atoms in total. The fourth-order valence-corrected chi connectivity index (χ4v) is 1.52. The van der Waals surface area contributed by atoms with Gasteiger partial charge in [0.1, 0.15) is 5.60 Å². The number of hydrogen-bond donors (Lipinski definition) is 2. The van der Waals surface area contributed by atoms with Crippen LogP contribution in [0.5, 0.6) is 0 Å². The van der Waals surface area contributed by atoms with E-state index in [9.17, 15) is 4.79 Å². The van der Waals surface area contributed by atoms with Crippen LogP contribution >= 0.6 is 0 Å². The average Bonchev–Trinajstić information content (AvgIpc) is 2.69. The second kappa shape index (κ2) is 5.23. The zero-order chi connectivity index (χ0) is 13.1. The van der Waals surface area contributed by atoms with Crippen LogP contribution in [0.1, 0.15) is 32.4 Å². The van der Waals surface area contributed by atoms with E-state index in [1.807, 2.05) is 33.0 Å². The van der Waals surface area contributed by atoms with Gasteiger partial charge in [-0.15, -0.1) is 0 Å². The number of nitrogens with two attached hydrogens (primary N) is 1. The molecule has 17 heavy (non-hydrogen) atoms. The molecular weight excluding hydrogens is 218 g/mol. The normalized spacial score (nSPS) is 13.2. The molecule has 0 saturated heterocycles. The number of nitrogens with zero attached hydrogens (tertiary/aromatic N) is 1. The van der Waals surface area contributed by atoms with Crippen molar-refractivity contribution < 1.29 is 9.53 Å². The van der Waals surface area contributed by atoms with Crippen molar-refractivity contribution in [3.8, 4) is 0 Å². The maximum atomic E-state index is 11.9. The van der Waals surface area contributed by atoms with E-state index in [0.717, 1.165) is 5.56 Å². The number of aromatic nitrogens is 1. The third kappa shape index (κ3) is 3.78. The molecule has 0 aliphatic carbocycles. The van der Waals surface area contributed by atoms with E-state index in [0.29, 0.717) is 6.54 Å². The van der Waals surface area contributed by atoms with Crippen molar-refractivity contribution in [3.05, 3.63) is 24.0 Å². The van der Waals surface area contributed by atoms with Crippen LogP contribution in [-0.2, 0) is 4.74 Å². The first kappa shape index (κ1) is 13.6. The Labute approximate surface area is 102 Å². The monoisotopic (exact) mass is 239 g/mol. The summed E-state index contributed by atoms with van der Waals surface area (Å²) in [7, 11) is 1.69. The summed E-state index contributed by atoms with van der Waals surface area (Å²) in [6.07, 6.45) is 3.27. The number of amides is 1. The number of rotatable bonds is 3. The summed E-state index contributed by atoms with van der Waals surface area (Å²) >= 11 is 0. The molecule has 1 aromatic heterocycles. The summed E-state index contributed by atoms with van der Waals surface area (Å²) in [5.41, 5.74) is 6.18. The van der Waals surface area contributed by atoms with Crippen LogP contribution in [0.15, 0.2) is 18.5 Å². The molecule has 1 rings (SSSR count). The number of H-pyrrole nitrogens is 1. The van der Waals surface area contributed by atoms with Gasteiger partial charge in [-0.3, -0.25) is 0 Å². The highest BCUT2D eigenvalue weighted by Gasteiger charge is 2.25. The van der Waals surface area contributed by atoms with Gasteiger partial charge in [-0.05, 0) is 32.4 Å². The van der Waals surface area contributed by atoms with Gasteiger partial charge in [0.05, 0.1) is 6.04 Å². The number of aromatic amines is 1. The molecule has 0 aliphatic heterocycles. The van der Waals surface area contributed by atoms with Crippen LogP contribution in [0.2, 0.25) is 0 Å². The first-order chi connectivity index (χ1) is 7.85. The van der Waals surface area contributed by atoms with Crippen molar-refractivity contribution in [3.63, 3.8) is 0 Å². The fourth-order valence-electron chi connectivity index (χ4n) is 1.52. The van der Waals surface area contributed by atoms with Gasteiger partial charge in [-0.1, -0.05) is 0 Å². The second-order valence-electron chi connectivity index (χ2n) is 4.99. The van der Waals surface area contributed by atoms with Gasteiger partial charge in [-0.2, -0.15) is 0 Å². The maximum absolute atomic E-state index is 11.9. The molecular formula is C12H21N3O2. The van der Waals surface area contributed by atoms with Gasteiger partial charge in [0, 0.05) is 26.0 Å². The lowest BCUT2D eigenvalue weighted by Crippen LogP contribution is -2.39. The Hall–Kier alpha value is -1.49. The molecule has 0 saturated carbocycles. The number of hydrogen-bond acceptors (Lipinski definition) is 3. The summed E-state index contributed by atoms with van der Waals surface area (Å²) < 4.78 is 5.30. The Morgan fingerprint density at radius 1 is 1.59 bits per heavy atom. The van der Waals surface area contributed by atoms with Gasteiger partial charge in [-0.25, -0.2) is 4.79 Å². The van der Waals surface area contributed by atoms with Crippen molar-refractivity contribution in [2.24, 2.45) is 5.73 Å². The summed E-state index contributed by atoms with van der Waals surface area (Å²) in [4.78, 5) is 16.4. The van der Waals surface area contributed by atoms with Crippen LogP contribution in [0.25, 0.3) is 0 Å². The van der Waals surface area contributed by atoms with Gasteiger partial charge >= 0.3 is 6.09 Å². The minimum Gasteiger partial charge on any atom is -0.444 e. The van der Waals surface area contributed by atoms with Crippen LogP contribution in [0, 0.1) is 0 Å². The van der Waals surface area contributed by atoms with E-state index >= 15 is 0 Å². The number of likely N-dealkylation sites (N-methyl/N-ethyl adjacent to an activating group) is 1. The molecule has 0 fully saturated rings. The molecule has 0 aliphatic rings. The van der Waals surface area contributed by atoms with Gasteiger partial charge < -0.3 is 20.4 Å². The number of carbonyl (C=O) groups excluding carboxylic acids is 1. The molecule has 1 atom stereocenters. The quantitative estimate of drug-likeness (QED) is 0.846. The van der Waals surface area contributed by atoms with E-state index in [2.05, 4.69) is 4.98 Å². The third-order valence-corrected chi connectivity index (χ3v) is 2.38. The van der Waals surface area contributed by atoms with E-state index in [-0.39, 0.29) is 12.1 Å². The molecule has 0 aromatic carbocycles. The molecule has 1 unspecified atom stereocenters. The highest BCUT2D eigenvalue weighted by molar-refractivity contribution is 5.68. The predicted octanol–water partition coefficient (Wildman–Crippen LogP) is 1.88. The van der Waals surface area contributed by atoms with Crippen molar-refractivity contribution in [1.29, 1.82) is 0 Å². The highest BCUT2D eigenvalue weighted by Crippen LogP contribution is 2.20. The number of carbonyl (C=O) groups is 1. The molecule has 5 heteroatoms. The highest BCUT2D eigenvalue weighted by atomic mass is 16.6. The zero-order valence-electron chi connectivity index (χ0n) is 10.9. The SMILES string of the molecule is CN(C(=O)OC(C)(C)C)C(CN)c1cc[nH]c1. The molecule has 96 valence electrons. The molecule has 0 radical (unpaired) electrons. The Bertz CT molecular complexity index is 354. The predicted molar refractivity (Wildman–Crippen MR) is 66.6 cm³/mol. The first-order valence-electron chi connectivity index (χ1n) is 5.63. The lowest BCUT2D eigenvalue weighted by Gasteiger charge is -2.29.